The molecule has 11 nitrogen and oxygen atoms in total. The quantitative estimate of drug-likeness (QED) is 0.317. The number of ether oxygens (including phenoxy) is 1. The maximum absolute atomic E-state index is 12.4. The van der Waals surface area contributed by atoms with Crippen molar-refractivity contribution in [3.63, 3.8) is 0 Å². The second-order valence-corrected chi connectivity index (χ2v) is 9.53. The molecular weight excluding hydrogens is 464 g/mol. The number of anilines is 1. The molecule has 2 aromatic carbocycles. The summed E-state index contributed by atoms with van der Waals surface area (Å²) in [6.07, 6.45) is -0.202. The van der Waals surface area contributed by atoms with Crippen molar-refractivity contribution in [3.05, 3.63) is 64.2 Å². The van der Waals surface area contributed by atoms with Crippen LogP contribution in [0.5, 0.6) is 0 Å². The van der Waals surface area contributed by atoms with Crippen LogP contribution in [0.1, 0.15) is 12.0 Å². The number of aryl methyl sites for hydroxylation is 1. The van der Waals surface area contributed by atoms with Gasteiger partial charge in [0.15, 0.2) is 6.61 Å². The first-order valence-corrected chi connectivity index (χ1v) is 12.1. The first-order valence-electron chi connectivity index (χ1n) is 10.6. The second-order valence-electron chi connectivity index (χ2n) is 7.76. The average molecular weight is 491 g/mol. The predicted molar refractivity (Wildman–Crippen MR) is 124 cm³/mol. The fourth-order valence-corrected chi connectivity index (χ4v) is 4.42. The Kier molecular flexibility index (Phi) is 8.18. The van der Waals surface area contributed by atoms with Crippen LogP contribution in [0, 0.1) is 17.0 Å². The van der Waals surface area contributed by atoms with Crippen LogP contribution < -0.4 is 9.62 Å². The molecule has 0 aliphatic carbocycles. The zero-order valence-electron chi connectivity index (χ0n) is 18.7. The number of nitro benzene ring substituents is 1. The molecule has 1 heterocycles. The molecule has 12 heteroatoms. The lowest BCUT2D eigenvalue weighted by Gasteiger charge is -2.36. The molecule has 182 valence electrons. The van der Waals surface area contributed by atoms with Crippen LogP contribution in [0.15, 0.2) is 53.4 Å². The Morgan fingerprint density at radius 2 is 1.65 bits per heavy atom. The number of non-ortho nitro benzene ring substituents is 1. The van der Waals surface area contributed by atoms with Crippen molar-refractivity contribution in [2.24, 2.45) is 0 Å². The number of sulfonamides is 1. The van der Waals surface area contributed by atoms with Gasteiger partial charge < -0.3 is 14.5 Å². The van der Waals surface area contributed by atoms with Crippen molar-refractivity contribution in [3.8, 4) is 0 Å². The Bertz CT molecular complexity index is 1130. The molecular formula is C22H26N4O7S. The highest BCUT2D eigenvalue weighted by atomic mass is 32.2. The molecule has 1 amide bonds. The normalized spacial score (nSPS) is 14.0. The summed E-state index contributed by atoms with van der Waals surface area (Å²) in [5.74, 6) is -1.01. The maximum atomic E-state index is 12.4. The van der Waals surface area contributed by atoms with Crippen LogP contribution in [-0.4, -0.2) is 69.4 Å². The standard InChI is InChI=1S/C22H26N4O7S/c1-17-2-8-20(9-3-17)34(31,32)23-11-10-22(28)33-16-21(27)25-14-12-24(13-15-25)18-4-6-19(7-5-18)26(29)30/h2-9,23H,10-16H2,1H3. The lowest BCUT2D eigenvalue weighted by molar-refractivity contribution is -0.384. The number of carbonyl (C=O) groups excluding carboxylic acids is 2. The lowest BCUT2D eigenvalue weighted by atomic mass is 10.2. The van der Waals surface area contributed by atoms with E-state index in [1.54, 1.807) is 29.2 Å². The van der Waals surface area contributed by atoms with E-state index in [1.807, 2.05) is 11.8 Å². The summed E-state index contributed by atoms with van der Waals surface area (Å²) >= 11 is 0. The van der Waals surface area contributed by atoms with E-state index in [4.69, 9.17) is 4.74 Å². The topological polar surface area (TPSA) is 139 Å². The summed E-state index contributed by atoms with van der Waals surface area (Å²) in [6.45, 7) is 3.21. The van der Waals surface area contributed by atoms with Crippen LogP contribution in [0.25, 0.3) is 0 Å². The van der Waals surface area contributed by atoms with Crippen molar-refractivity contribution in [2.75, 3.05) is 44.2 Å². The van der Waals surface area contributed by atoms with Gasteiger partial charge in [0.25, 0.3) is 11.6 Å². The van der Waals surface area contributed by atoms with Gasteiger partial charge in [0.1, 0.15) is 0 Å². The molecule has 34 heavy (non-hydrogen) atoms. The number of rotatable bonds is 9. The molecule has 0 aromatic heterocycles. The SMILES string of the molecule is Cc1ccc(S(=O)(=O)NCCC(=O)OCC(=O)N2CCN(c3ccc([N+](=O)[O-])cc3)CC2)cc1. The molecule has 0 saturated carbocycles. The van der Waals surface area contributed by atoms with Crippen molar-refractivity contribution in [1.82, 2.24) is 9.62 Å². The van der Waals surface area contributed by atoms with Gasteiger partial charge in [-0.15, -0.1) is 0 Å². The number of carbonyl (C=O) groups is 2. The molecule has 1 saturated heterocycles. The summed E-state index contributed by atoms with van der Waals surface area (Å²) < 4.78 is 31.8. The molecule has 1 N–H and O–H groups in total. The molecule has 1 fully saturated rings. The molecule has 0 atom stereocenters. The van der Waals surface area contributed by atoms with Crippen molar-refractivity contribution in [1.29, 1.82) is 0 Å². The van der Waals surface area contributed by atoms with Gasteiger partial charge >= 0.3 is 5.97 Å². The van der Waals surface area contributed by atoms with Crippen molar-refractivity contribution in [2.45, 2.75) is 18.2 Å². The minimum absolute atomic E-state index is 0.0160. The van der Waals surface area contributed by atoms with E-state index < -0.39 is 27.5 Å². The highest BCUT2D eigenvalue weighted by molar-refractivity contribution is 7.89. The highest BCUT2D eigenvalue weighted by Gasteiger charge is 2.23. The minimum atomic E-state index is -3.73. The zero-order valence-corrected chi connectivity index (χ0v) is 19.5. The highest BCUT2D eigenvalue weighted by Crippen LogP contribution is 2.20. The summed E-state index contributed by atoms with van der Waals surface area (Å²) in [4.78, 5) is 38.3. The van der Waals surface area contributed by atoms with E-state index in [2.05, 4.69) is 4.72 Å². The Hall–Kier alpha value is -3.51. The molecule has 0 spiro atoms. The number of hydrogen-bond donors (Lipinski definition) is 1. The Balaban J connectivity index is 1.37. The third-order valence-electron chi connectivity index (χ3n) is 5.37. The number of benzene rings is 2. The summed E-state index contributed by atoms with van der Waals surface area (Å²) in [5.41, 5.74) is 1.78. The van der Waals surface area contributed by atoms with E-state index in [9.17, 15) is 28.1 Å². The summed E-state index contributed by atoms with van der Waals surface area (Å²) in [5, 5.41) is 10.8. The van der Waals surface area contributed by atoms with E-state index in [0.29, 0.717) is 26.2 Å². The monoisotopic (exact) mass is 490 g/mol. The number of nitro groups is 1. The molecule has 1 aliphatic rings. The third-order valence-corrected chi connectivity index (χ3v) is 6.84. The van der Waals surface area contributed by atoms with Crippen molar-refractivity contribution < 1.29 is 27.7 Å². The van der Waals surface area contributed by atoms with E-state index in [-0.39, 0.29) is 29.5 Å². The van der Waals surface area contributed by atoms with E-state index in [1.165, 1.54) is 24.3 Å². The lowest BCUT2D eigenvalue weighted by Crippen LogP contribution is -2.49. The fraction of sp³-hybridized carbons (Fsp3) is 0.364. The largest absolute Gasteiger partial charge is 0.456 e. The summed E-state index contributed by atoms with van der Waals surface area (Å²) in [7, 11) is -3.73. The second kappa shape index (κ2) is 11.1. The average Bonchev–Trinajstić information content (AvgIpc) is 2.83. The van der Waals surface area contributed by atoms with Crippen LogP contribution in [0.2, 0.25) is 0 Å². The molecule has 3 rings (SSSR count). The van der Waals surface area contributed by atoms with E-state index >= 15 is 0 Å². The smallest absolute Gasteiger partial charge is 0.307 e. The van der Waals surface area contributed by atoms with Gasteiger partial charge in [0.2, 0.25) is 10.0 Å². The maximum Gasteiger partial charge on any atom is 0.307 e. The van der Waals surface area contributed by atoms with Crippen LogP contribution >= 0.6 is 0 Å². The van der Waals surface area contributed by atoms with Gasteiger partial charge in [-0.1, -0.05) is 17.7 Å². The summed E-state index contributed by atoms with van der Waals surface area (Å²) in [6, 6.07) is 12.5. The van der Waals surface area contributed by atoms with Crippen LogP contribution in [0.3, 0.4) is 0 Å². The van der Waals surface area contributed by atoms with Crippen molar-refractivity contribution >= 4 is 33.3 Å². The molecule has 0 radical (unpaired) electrons. The number of piperazine rings is 1. The number of hydrogen-bond acceptors (Lipinski definition) is 8. The Labute approximate surface area is 197 Å². The van der Waals surface area contributed by atoms with Gasteiger partial charge in [0, 0.05) is 50.5 Å². The molecule has 0 unspecified atom stereocenters. The van der Waals surface area contributed by atoms with Gasteiger partial charge in [-0.25, -0.2) is 13.1 Å². The molecule has 2 aromatic rings. The fourth-order valence-electron chi connectivity index (χ4n) is 3.39. The van der Waals surface area contributed by atoms with Crippen LogP contribution in [-0.2, 0) is 24.3 Å². The number of amides is 1. The molecule has 0 bridgehead atoms. The first-order chi connectivity index (χ1) is 16.2. The number of nitrogens with one attached hydrogen (secondary N) is 1. The van der Waals surface area contributed by atoms with Gasteiger partial charge in [-0.05, 0) is 31.2 Å². The number of nitrogens with zero attached hydrogens (tertiary/aromatic N) is 3. The molecule has 1 aliphatic heterocycles. The van der Waals surface area contributed by atoms with Gasteiger partial charge in [-0.3, -0.25) is 19.7 Å². The Morgan fingerprint density at radius 3 is 2.24 bits per heavy atom. The predicted octanol–water partition coefficient (Wildman–Crippen LogP) is 1.46. The van der Waals surface area contributed by atoms with Gasteiger partial charge in [0.05, 0.1) is 16.2 Å². The minimum Gasteiger partial charge on any atom is -0.456 e. The number of esters is 1. The first kappa shape index (κ1) is 25.1. The van der Waals surface area contributed by atoms with Crippen LogP contribution in [0.4, 0.5) is 11.4 Å². The third kappa shape index (κ3) is 6.75. The van der Waals surface area contributed by atoms with E-state index in [0.717, 1.165) is 11.3 Å². The van der Waals surface area contributed by atoms with Gasteiger partial charge in [-0.2, -0.15) is 0 Å². The zero-order chi connectivity index (χ0) is 24.7. The Morgan fingerprint density at radius 1 is 1.03 bits per heavy atom.